The van der Waals surface area contributed by atoms with Crippen molar-refractivity contribution in [1.82, 2.24) is 14.1 Å². The third-order valence-corrected chi connectivity index (χ3v) is 5.44. The molecular formula is C20H19F3N4O3S. The number of hydrogen-bond donors (Lipinski definition) is 1. The van der Waals surface area contributed by atoms with E-state index in [2.05, 4.69) is 10.3 Å². The lowest BCUT2D eigenvalue weighted by Crippen LogP contribution is -2.24. The lowest BCUT2D eigenvalue weighted by molar-refractivity contribution is -0.137. The molecule has 0 atom stereocenters. The number of carbonyl (C=O) groups is 1. The number of amides is 1. The van der Waals surface area contributed by atoms with E-state index in [1.54, 1.807) is 17.0 Å². The number of anilines is 1. The highest BCUT2D eigenvalue weighted by atomic mass is 32.2. The minimum absolute atomic E-state index is 0.0224. The molecule has 3 aromatic rings. The van der Waals surface area contributed by atoms with Gasteiger partial charge in [-0.2, -0.15) is 13.2 Å². The third kappa shape index (κ3) is 5.48. The van der Waals surface area contributed by atoms with Gasteiger partial charge in [0.25, 0.3) is 0 Å². The van der Waals surface area contributed by atoms with Gasteiger partial charge in [-0.1, -0.05) is 23.9 Å². The van der Waals surface area contributed by atoms with Gasteiger partial charge in [0.2, 0.25) is 11.3 Å². The molecule has 2 aromatic heterocycles. The van der Waals surface area contributed by atoms with E-state index in [0.717, 1.165) is 6.07 Å². The maximum absolute atomic E-state index is 13.2. The molecule has 0 aliphatic heterocycles. The van der Waals surface area contributed by atoms with Crippen LogP contribution in [0.4, 0.5) is 18.9 Å². The number of pyridine rings is 1. The first-order chi connectivity index (χ1) is 14.7. The summed E-state index contributed by atoms with van der Waals surface area (Å²) in [6.45, 7) is -0.306. The van der Waals surface area contributed by atoms with Gasteiger partial charge in [-0.15, -0.1) is 0 Å². The predicted octanol–water partition coefficient (Wildman–Crippen LogP) is 3.54. The second-order valence-electron chi connectivity index (χ2n) is 6.53. The van der Waals surface area contributed by atoms with E-state index >= 15 is 0 Å². The Morgan fingerprint density at radius 2 is 2.03 bits per heavy atom. The molecule has 0 aliphatic carbocycles. The third-order valence-electron chi connectivity index (χ3n) is 4.35. The van der Waals surface area contributed by atoms with Gasteiger partial charge in [0.15, 0.2) is 10.9 Å². The van der Waals surface area contributed by atoms with E-state index in [-0.39, 0.29) is 23.4 Å². The smallest absolute Gasteiger partial charge is 0.418 e. The molecule has 31 heavy (non-hydrogen) atoms. The molecule has 0 aliphatic rings. The quantitative estimate of drug-likeness (QED) is 0.555. The van der Waals surface area contributed by atoms with Gasteiger partial charge in [0.05, 0.1) is 24.6 Å². The monoisotopic (exact) mass is 452 g/mol. The summed E-state index contributed by atoms with van der Waals surface area (Å²) in [5.41, 5.74) is -1.14. The molecule has 1 amide bonds. The number of para-hydroxylation sites is 1. The number of thioether (sulfide) groups is 1. The highest BCUT2D eigenvalue weighted by Crippen LogP contribution is 2.34. The van der Waals surface area contributed by atoms with Crippen molar-refractivity contribution >= 4 is 23.4 Å². The van der Waals surface area contributed by atoms with Gasteiger partial charge in [0.1, 0.15) is 6.54 Å². The number of carbonyl (C=O) groups excluding carboxylic acids is 1. The lowest BCUT2D eigenvalue weighted by atomic mass is 10.1. The van der Waals surface area contributed by atoms with Crippen LogP contribution < -0.4 is 15.5 Å². The van der Waals surface area contributed by atoms with Crippen LogP contribution in [0.2, 0.25) is 0 Å². The van der Waals surface area contributed by atoms with E-state index in [1.165, 1.54) is 53.9 Å². The van der Waals surface area contributed by atoms with Crippen LogP contribution in [0.15, 0.2) is 58.9 Å². The maximum atomic E-state index is 13.2. The van der Waals surface area contributed by atoms with Crippen molar-refractivity contribution in [3.63, 3.8) is 0 Å². The second-order valence-corrected chi connectivity index (χ2v) is 7.47. The molecule has 2 heterocycles. The van der Waals surface area contributed by atoms with Crippen LogP contribution in [0.1, 0.15) is 11.3 Å². The largest absolute Gasteiger partial charge is 0.491 e. The minimum atomic E-state index is -4.60. The molecule has 0 fully saturated rings. The highest BCUT2D eigenvalue weighted by Gasteiger charge is 2.33. The molecule has 164 valence electrons. The number of rotatable bonds is 7. The van der Waals surface area contributed by atoms with Crippen LogP contribution in [0, 0.1) is 0 Å². The number of alkyl halides is 3. The molecule has 0 radical (unpaired) electrons. The Morgan fingerprint density at radius 1 is 1.29 bits per heavy atom. The van der Waals surface area contributed by atoms with Crippen LogP contribution in [0.3, 0.4) is 0 Å². The summed E-state index contributed by atoms with van der Waals surface area (Å²) in [6.07, 6.45) is 0.171. The summed E-state index contributed by atoms with van der Waals surface area (Å²) in [4.78, 5) is 28.9. The number of benzene rings is 1. The van der Waals surface area contributed by atoms with Gasteiger partial charge >= 0.3 is 6.18 Å². The number of nitrogens with zero attached hydrogens (tertiary/aromatic N) is 3. The molecule has 0 spiro atoms. The molecule has 0 bridgehead atoms. The number of nitrogens with one attached hydrogen (secondary N) is 1. The van der Waals surface area contributed by atoms with Crippen LogP contribution >= 0.6 is 11.8 Å². The molecule has 7 nitrogen and oxygen atoms in total. The fourth-order valence-corrected chi connectivity index (χ4v) is 3.76. The van der Waals surface area contributed by atoms with E-state index in [1.807, 2.05) is 7.05 Å². The fourth-order valence-electron chi connectivity index (χ4n) is 2.83. The van der Waals surface area contributed by atoms with E-state index in [0.29, 0.717) is 16.6 Å². The molecular weight excluding hydrogens is 433 g/mol. The summed E-state index contributed by atoms with van der Waals surface area (Å²) in [5, 5.41) is 3.01. The summed E-state index contributed by atoms with van der Waals surface area (Å²) in [5.74, 6) is -0.337. The average molecular weight is 452 g/mol. The molecule has 1 N–H and O–H groups in total. The summed E-state index contributed by atoms with van der Waals surface area (Å²) >= 11 is 1.35. The minimum Gasteiger partial charge on any atom is -0.491 e. The summed E-state index contributed by atoms with van der Waals surface area (Å²) in [6, 6.07) is 6.07. The molecule has 11 heteroatoms. The zero-order valence-electron chi connectivity index (χ0n) is 16.6. The number of ether oxygens (including phenoxy) is 1. The first-order valence-electron chi connectivity index (χ1n) is 9.02. The maximum Gasteiger partial charge on any atom is 0.418 e. The summed E-state index contributed by atoms with van der Waals surface area (Å²) in [7, 11) is 3.14. The van der Waals surface area contributed by atoms with Crippen molar-refractivity contribution in [1.29, 1.82) is 0 Å². The Hall–Kier alpha value is -3.21. The Labute approximate surface area is 179 Å². The van der Waals surface area contributed by atoms with Gasteiger partial charge in [-0.05, 0) is 12.1 Å². The molecule has 0 unspecified atom stereocenters. The van der Waals surface area contributed by atoms with Crippen LogP contribution in [-0.4, -0.2) is 27.1 Å². The number of aryl methyl sites for hydroxylation is 1. The average Bonchev–Trinajstić information content (AvgIpc) is 3.12. The van der Waals surface area contributed by atoms with Crippen LogP contribution in [0.25, 0.3) is 0 Å². The lowest BCUT2D eigenvalue weighted by Gasteiger charge is -2.16. The van der Waals surface area contributed by atoms with Crippen molar-refractivity contribution in [2.45, 2.75) is 23.6 Å². The first kappa shape index (κ1) is 22.5. The predicted molar refractivity (Wildman–Crippen MR) is 110 cm³/mol. The summed E-state index contributed by atoms with van der Waals surface area (Å²) < 4.78 is 47.9. The molecule has 0 saturated carbocycles. The van der Waals surface area contributed by atoms with E-state index < -0.39 is 17.6 Å². The van der Waals surface area contributed by atoms with Gasteiger partial charge in [-0.25, -0.2) is 4.98 Å². The van der Waals surface area contributed by atoms with Crippen molar-refractivity contribution < 1.29 is 22.7 Å². The number of methoxy groups -OCH3 is 1. The Morgan fingerprint density at radius 3 is 2.68 bits per heavy atom. The van der Waals surface area contributed by atoms with Crippen molar-refractivity contribution in [3.8, 4) is 5.75 Å². The first-order valence-corrected chi connectivity index (χ1v) is 10.0. The van der Waals surface area contributed by atoms with Crippen LogP contribution in [0.5, 0.6) is 5.75 Å². The van der Waals surface area contributed by atoms with Gasteiger partial charge < -0.3 is 19.2 Å². The number of hydrogen-bond acceptors (Lipinski definition) is 5. The Balaban J connectivity index is 1.83. The van der Waals surface area contributed by atoms with Crippen LogP contribution in [-0.2, 0) is 30.3 Å². The topological polar surface area (TPSA) is 78.2 Å². The van der Waals surface area contributed by atoms with E-state index in [4.69, 9.17) is 4.74 Å². The van der Waals surface area contributed by atoms with Gasteiger partial charge in [-0.3, -0.25) is 9.59 Å². The van der Waals surface area contributed by atoms with Gasteiger partial charge in [0, 0.05) is 37.0 Å². The van der Waals surface area contributed by atoms with Crippen molar-refractivity contribution in [2.75, 3.05) is 12.4 Å². The second kappa shape index (κ2) is 9.29. The Kier molecular flexibility index (Phi) is 6.74. The molecule has 1 aromatic carbocycles. The normalized spacial score (nSPS) is 11.4. The molecule has 0 saturated heterocycles. The number of halogens is 3. The van der Waals surface area contributed by atoms with Crippen molar-refractivity contribution in [2.24, 2.45) is 7.05 Å². The van der Waals surface area contributed by atoms with E-state index in [9.17, 15) is 22.8 Å². The zero-order valence-corrected chi connectivity index (χ0v) is 17.5. The Bertz CT molecular complexity index is 1140. The molecule has 3 rings (SSSR count). The fraction of sp³-hybridized carbons (Fsp3) is 0.250. The standard InChI is InChI=1S/C20H19F3N4O3S/c1-26-8-7-24-19(26)31-12-13-9-16(28)17(30-2)10-27(13)11-18(29)25-15-6-4-3-5-14(15)20(21,22)23/h3-10H,11-12H2,1-2H3,(H,25,29). The number of imidazole rings is 1. The van der Waals surface area contributed by atoms with Crippen molar-refractivity contribution in [3.05, 3.63) is 70.4 Å². The SMILES string of the molecule is COc1cn(CC(=O)Nc2ccccc2C(F)(F)F)c(CSc2nccn2C)cc1=O. The highest BCUT2D eigenvalue weighted by molar-refractivity contribution is 7.98. The zero-order chi connectivity index (χ0) is 22.6. The number of aromatic nitrogens is 3.